The first kappa shape index (κ1) is 13.3. The minimum Gasteiger partial charge on any atom is -0.396 e. The first-order valence-corrected chi connectivity index (χ1v) is 6.97. The van der Waals surface area contributed by atoms with Crippen molar-refractivity contribution in [2.24, 2.45) is 5.92 Å². The molecule has 0 aromatic rings. The molecule has 4 heteroatoms. The molecular weight excluding hydrogens is 218 g/mol. The van der Waals surface area contributed by atoms with Crippen molar-refractivity contribution in [2.75, 3.05) is 26.4 Å². The van der Waals surface area contributed by atoms with Crippen LogP contribution < -0.4 is 5.32 Å². The maximum Gasteiger partial charge on any atom is 0.170 e. The molecule has 2 fully saturated rings. The number of aliphatic hydroxyl groups excluding tert-OH is 1. The number of hydrogen-bond donors (Lipinski definition) is 2. The Bertz CT molecular complexity index is 201. The SMILES string of the molecule is OCC[C@@H](NCC1OCCO1)C1CCCCC1. The fourth-order valence-electron chi connectivity index (χ4n) is 2.95. The summed E-state index contributed by atoms with van der Waals surface area (Å²) in [5.74, 6) is 0.720. The fraction of sp³-hybridized carbons (Fsp3) is 1.00. The third-order valence-corrected chi connectivity index (χ3v) is 3.90. The van der Waals surface area contributed by atoms with E-state index in [4.69, 9.17) is 14.6 Å². The van der Waals surface area contributed by atoms with Crippen molar-refractivity contribution in [3.63, 3.8) is 0 Å². The maximum atomic E-state index is 9.16. The van der Waals surface area contributed by atoms with Gasteiger partial charge in [0.05, 0.1) is 13.2 Å². The lowest BCUT2D eigenvalue weighted by atomic mass is 9.83. The van der Waals surface area contributed by atoms with Gasteiger partial charge in [0.25, 0.3) is 0 Å². The zero-order valence-electron chi connectivity index (χ0n) is 10.6. The molecule has 1 heterocycles. The van der Waals surface area contributed by atoms with Gasteiger partial charge in [-0.2, -0.15) is 0 Å². The van der Waals surface area contributed by atoms with Gasteiger partial charge in [-0.3, -0.25) is 0 Å². The van der Waals surface area contributed by atoms with Gasteiger partial charge in [0.2, 0.25) is 0 Å². The van der Waals surface area contributed by atoms with E-state index >= 15 is 0 Å². The zero-order valence-corrected chi connectivity index (χ0v) is 10.6. The van der Waals surface area contributed by atoms with Gasteiger partial charge in [-0.05, 0) is 25.2 Å². The van der Waals surface area contributed by atoms with Crippen LogP contribution in [-0.4, -0.2) is 43.8 Å². The first-order chi connectivity index (χ1) is 8.40. The molecule has 1 saturated carbocycles. The van der Waals surface area contributed by atoms with Gasteiger partial charge < -0.3 is 19.9 Å². The van der Waals surface area contributed by atoms with Crippen LogP contribution in [0.4, 0.5) is 0 Å². The standard InChI is InChI=1S/C13H25NO3/c15-7-6-12(11-4-2-1-3-5-11)14-10-13-16-8-9-17-13/h11-15H,1-10H2/t12-/m1/s1. The molecular formula is C13H25NO3. The van der Waals surface area contributed by atoms with Crippen molar-refractivity contribution in [1.82, 2.24) is 5.32 Å². The van der Waals surface area contributed by atoms with E-state index < -0.39 is 0 Å². The molecule has 4 nitrogen and oxygen atoms in total. The highest BCUT2D eigenvalue weighted by Crippen LogP contribution is 2.27. The average molecular weight is 243 g/mol. The van der Waals surface area contributed by atoms with E-state index in [1.54, 1.807) is 0 Å². The molecule has 1 saturated heterocycles. The smallest absolute Gasteiger partial charge is 0.170 e. The molecule has 0 amide bonds. The van der Waals surface area contributed by atoms with Crippen molar-refractivity contribution in [2.45, 2.75) is 50.9 Å². The second kappa shape index (κ2) is 7.31. The average Bonchev–Trinajstić information content (AvgIpc) is 2.88. The lowest BCUT2D eigenvalue weighted by molar-refractivity contribution is -0.0424. The number of ether oxygens (including phenoxy) is 2. The molecule has 100 valence electrons. The van der Waals surface area contributed by atoms with Crippen LogP contribution in [0.3, 0.4) is 0 Å². The second-order valence-corrected chi connectivity index (χ2v) is 5.10. The topological polar surface area (TPSA) is 50.7 Å². The Kier molecular flexibility index (Phi) is 5.71. The molecule has 17 heavy (non-hydrogen) atoms. The van der Waals surface area contributed by atoms with Gasteiger partial charge in [-0.15, -0.1) is 0 Å². The Balaban J connectivity index is 1.74. The van der Waals surface area contributed by atoms with Gasteiger partial charge in [-0.1, -0.05) is 19.3 Å². The maximum absolute atomic E-state index is 9.16. The normalized spacial score (nSPS) is 25.2. The van der Waals surface area contributed by atoms with Crippen molar-refractivity contribution in [3.05, 3.63) is 0 Å². The Hall–Kier alpha value is -0.160. The lowest BCUT2D eigenvalue weighted by Gasteiger charge is -2.31. The summed E-state index contributed by atoms with van der Waals surface area (Å²) in [5, 5.41) is 12.7. The quantitative estimate of drug-likeness (QED) is 0.738. The van der Waals surface area contributed by atoms with Gasteiger partial charge >= 0.3 is 0 Å². The minimum absolute atomic E-state index is 0.0835. The second-order valence-electron chi connectivity index (χ2n) is 5.10. The summed E-state index contributed by atoms with van der Waals surface area (Å²) in [6.07, 6.45) is 7.40. The number of hydrogen-bond acceptors (Lipinski definition) is 4. The molecule has 1 atom stereocenters. The molecule has 1 aliphatic carbocycles. The number of nitrogens with one attached hydrogen (secondary N) is 1. The van der Waals surface area contributed by atoms with Gasteiger partial charge in [0.1, 0.15) is 0 Å². The Labute approximate surface area is 104 Å². The third kappa shape index (κ3) is 4.21. The largest absolute Gasteiger partial charge is 0.396 e. The van der Waals surface area contributed by atoms with Gasteiger partial charge in [-0.25, -0.2) is 0 Å². The molecule has 0 aromatic heterocycles. The minimum atomic E-state index is -0.0835. The summed E-state index contributed by atoms with van der Waals surface area (Å²) in [6, 6.07) is 0.424. The van der Waals surface area contributed by atoms with Crippen molar-refractivity contribution in [3.8, 4) is 0 Å². The van der Waals surface area contributed by atoms with E-state index in [1.165, 1.54) is 32.1 Å². The summed E-state index contributed by atoms with van der Waals surface area (Å²) in [7, 11) is 0. The Morgan fingerprint density at radius 3 is 2.47 bits per heavy atom. The molecule has 0 unspecified atom stereocenters. The molecule has 0 aromatic carbocycles. The van der Waals surface area contributed by atoms with Crippen molar-refractivity contribution >= 4 is 0 Å². The van der Waals surface area contributed by atoms with E-state index in [1.807, 2.05) is 0 Å². The third-order valence-electron chi connectivity index (χ3n) is 3.90. The number of aliphatic hydroxyl groups is 1. The van der Waals surface area contributed by atoms with Crippen LogP contribution in [-0.2, 0) is 9.47 Å². The molecule has 0 bridgehead atoms. The predicted molar refractivity (Wildman–Crippen MR) is 65.8 cm³/mol. The van der Waals surface area contributed by atoms with Crippen LogP contribution in [0.25, 0.3) is 0 Å². The van der Waals surface area contributed by atoms with Crippen LogP contribution >= 0.6 is 0 Å². The summed E-state index contributed by atoms with van der Waals surface area (Å²) < 4.78 is 10.8. The Morgan fingerprint density at radius 1 is 1.12 bits per heavy atom. The molecule has 0 radical (unpaired) electrons. The summed E-state index contributed by atoms with van der Waals surface area (Å²) in [4.78, 5) is 0. The first-order valence-electron chi connectivity index (χ1n) is 6.97. The lowest BCUT2D eigenvalue weighted by Crippen LogP contribution is -2.42. The van der Waals surface area contributed by atoms with Crippen molar-refractivity contribution in [1.29, 1.82) is 0 Å². The van der Waals surface area contributed by atoms with E-state index in [-0.39, 0.29) is 12.9 Å². The van der Waals surface area contributed by atoms with E-state index in [2.05, 4.69) is 5.32 Å². The van der Waals surface area contributed by atoms with Crippen LogP contribution in [0.2, 0.25) is 0 Å². The molecule has 2 aliphatic rings. The van der Waals surface area contributed by atoms with Gasteiger partial charge in [0, 0.05) is 19.2 Å². The van der Waals surface area contributed by atoms with Crippen LogP contribution in [0, 0.1) is 5.92 Å². The highest BCUT2D eigenvalue weighted by atomic mass is 16.7. The molecule has 2 rings (SSSR count). The summed E-state index contributed by atoms with van der Waals surface area (Å²) in [6.45, 7) is 2.43. The highest BCUT2D eigenvalue weighted by Gasteiger charge is 2.24. The van der Waals surface area contributed by atoms with Crippen LogP contribution in [0.15, 0.2) is 0 Å². The van der Waals surface area contributed by atoms with Gasteiger partial charge in [0.15, 0.2) is 6.29 Å². The summed E-state index contributed by atoms with van der Waals surface area (Å²) >= 11 is 0. The summed E-state index contributed by atoms with van der Waals surface area (Å²) in [5.41, 5.74) is 0. The number of rotatable bonds is 6. The highest BCUT2D eigenvalue weighted by molar-refractivity contribution is 4.79. The predicted octanol–water partition coefficient (Wildman–Crippen LogP) is 1.28. The van der Waals surface area contributed by atoms with E-state index in [9.17, 15) is 0 Å². The Morgan fingerprint density at radius 2 is 1.82 bits per heavy atom. The monoisotopic (exact) mass is 243 g/mol. The molecule has 1 aliphatic heterocycles. The van der Waals surface area contributed by atoms with Crippen LogP contribution in [0.5, 0.6) is 0 Å². The van der Waals surface area contributed by atoms with Crippen molar-refractivity contribution < 1.29 is 14.6 Å². The molecule has 0 spiro atoms. The van der Waals surface area contributed by atoms with Crippen LogP contribution in [0.1, 0.15) is 38.5 Å². The zero-order chi connectivity index (χ0) is 11.9. The van der Waals surface area contributed by atoms with E-state index in [0.29, 0.717) is 19.3 Å². The fourth-order valence-corrected chi connectivity index (χ4v) is 2.95. The molecule has 2 N–H and O–H groups in total. The van der Waals surface area contributed by atoms with E-state index in [0.717, 1.165) is 18.9 Å².